The van der Waals surface area contributed by atoms with Crippen molar-refractivity contribution in [2.75, 3.05) is 64.3 Å². The van der Waals surface area contributed by atoms with E-state index >= 15 is 4.79 Å². The first kappa shape index (κ1) is 32.0. The fraction of sp³-hybridized carbons (Fsp3) is 0.441. The molecule has 0 aliphatic carbocycles. The first-order valence-corrected chi connectivity index (χ1v) is 17.3. The molecular formula is C34H41N5O6S. The number of piperidine rings is 1. The van der Waals surface area contributed by atoms with Gasteiger partial charge < -0.3 is 19.3 Å². The molecular weight excluding hydrogens is 606 g/mol. The van der Waals surface area contributed by atoms with E-state index in [4.69, 9.17) is 9.47 Å². The fourth-order valence-corrected chi connectivity index (χ4v) is 8.72. The molecule has 3 aliphatic rings. The predicted octanol–water partition coefficient (Wildman–Crippen LogP) is 3.14. The number of sulfonamides is 1. The number of ether oxygens (including phenoxy) is 2. The van der Waals surface area contributed by atoms with Gasteiger partial charge in [0.15, 0.2) is 0 Å². The Labute approximate surface area is 270 Å². The van der Waals surface area contributed by atoms with Crippen LogP contribution in [0.3, 0.4) is 0 Å². The number of anilines is 1. The molecule has 0 bridgehead atoms. The third-order valence-corrected chi connectivity index (χ3v) is 11.3. The Bertz CT molecular complexity index is 1700. The van der Waals surface area contributed by atoms with E-state index in [1.165, 1.54) is 19.2 Å². The highest BCUT2D eigenvalue weighted by molar-refractivity contribution is 7.93. The molecule has 1 unspecified atom stereocenters. The number of carbonyl (C=O) groups excluding carboxylic acids is 2. The molecule has 2 aromatic carbocycles. The molecule has 6 rings (SSSR count). The highest BCUT2D eigenvalue weighted by Gasteiger charge is 2.58. The largest absolute Gasteiger partial charge is 0.495 e. The molecule has 0 radical (unpaired) electrons. The van der Waals surface area contributed by atoms with Gasteiger partial charge in [0.05, 0.1) is 19.4 Å². The third kappa shape index (κ3) is 5.52. The van der Waals surface area contributed by atoms with E-state index in [2.05, 4.69) is 21.8 Å². The van der Waals surface area contributed by atoms with Gasteiger partial charge in [0.1, 0.15) is 16.1 Å². The highest BCUT2D eigenvalue weighted by atomic mass is 32.2. The van der Waals surface area contributed by atoms with Gasteiger partial charge in [-0.25, -0.2) is 17.7 Å². The number of carbonyl (C=O) groups is 2. The Morgan fingerprint density at radius 3 is 2.33 bits per heavy atom. The van der Waals surface area contributed by atoms with Gasteiger partial charge >= 0.3 is 0 Å². The van der Waals surface area contributed by atoms with Crippen molar-refractivity contribution in [3.8, 4) is 11.6 Å². The van der Waals surface area contributed by atoms with E-state index in [1.54, 1.807) is 54.7 Å². The van der Waals surface area contributed by atoms with E-state index in [1.807, 2.05) is 11.8 Å². The Morgan fingerprint density at radius 1 is 0.935 bits per heavy atom. The van der Waals surface area contributed by atoms with Crippen molar-refractivity contribution in [2.24, 2.45) is 0 Å². The molecule has 2 amide bonds. The summed E-state index contributed by atoms with van der Waals surface area (Å²) in [5, 5.41) is 0. The summed E-state index contributed by atoms with van der Waals surface area (Å²) in [4.78, 5) is 40.3. The second-order valence-electron chi connectivity index (χ2n) is 12.1. The van der Waals surface area contributed by atoms with Crippen LogP contribution in [0.1, 0.15) is 37.3 Å². The molecule has 1 aromatic heterocycles. The van der Waals surface area contributed by atoms with Gasteiger partial charge in [-0.05, 0) is 56.6 Å². The van der Waals surface area contributed by atoms with Crippen molar-refractivity contribution in [2.45, 2.75) is 42.5 Å². The second kappa shape index (κ2) is 13.0. The van der Waals surface area contributed by atoms with Crippen LogP contribution in [0, 0.1) is 0 Å². The number of rotatable bonds is 9. The number of fused-ring (bicyclic) bond motifs is 1. The van der Waals surface area contributed by atoms with Crippen LogP contribution >= 0.6 is 0 Å². The van der Waals surface area contributed by atoms with Crippen LogP contribution in [0.5, 0.6) is 11.6 Å². The average molecular weight is 648 g/mol. The number of hydrogen-bond donors (Lipinski definition) is 0. The lowest BCUT2D eigenvalue weighted by atomic mass is 9.72. The van der Waals surface area contributed by atoms with Gasteiger partial charge in [0.25, 0.3) is 15.9 Å². The number of para-hydroxylation sites is 2. The molecule has 3 aliphatic heterocycles. The molecule has 3 aromatic rings. The minimum Gasteiger partial charge on any atom is -0.495 e. The fourth-order valence-electron chi connectivity index (χ4n) is 7.08. The maximum Gasteiger partial charge on any atom is 0.274 e. The van der Waals surface area contributed by atoms with Crippen molar-refractivity contribution in [1.29, 1.82) is 0 Å². The zero-order valence-electron chi connectivity index (χ0n) is 26.6. The van der Waals surface area contributed by atoms with Crippen molar-refractivity contribution in [1.82, 2.24) is 19.7 Å². The maximum atomic E-state index is 15.0. The summed E-state index contributed by atoms with van der Waals surface area (Å²) in [5.74, 6) is -0.677. The zero-order valence-corrected chi connectivity index (χ0v) is 27.4. The molecule has 2 saturated heterocycles. The first-order chi connectivity index (χ1) is 22.2. The normalized spacial score (nSPS) is 21.3. The first-order valence-electron chi connectivity index (χ1n) is 15.8. The lowest BCUT2D eigenvalue weighted by molar-refractivity contribution is -0.136. The van der Waals surface area contributed by atoms with E-state index < -0.39 is 21.3 Å². The maximum absolute atomic E-state index is 15.0. The van der Waals surface area contributed by atoms with Gasteiger partial charge in [-0.15, -0.1) is 0 Å². The monoisotopic (exact) mass is 647 g/mol. The van der Waals surface area contributed by atoms with Crippen LogP contribution in [-0.2, 0) is 25.0 Å². The Hall–Kier alpha value is -4.00. The highest BCUT2D eigenvalue weighted by Crippen LogP contribution is 2.52. The van der Waals surface area contributed by atoms with Gasteiger partial charge in [-0.1, -0.05) is 36.4 Å². The van der Waals surface area contributed by atoms with Crippen LogP contribution < -0.4 is 13.8 Å². The number of methoxy groups -OCH3 is 1. The van der Waals surface area contributed by atoms with Gasteiger partial charge in [-0.3, -0.25) is 14.5 Å². The van der Waals surface area contributed by atoms with Crippen LogP contribution in [0.25, 0.3) is 0 Å². The summed E-state index contributed by atoms with van der Waals surface area (Å²) < 4.78 is 40.9. The third-order valence-electron chi connectivity index (χ3n) is 9.52. The van der Waals surface area contributed by atoms with E-state index in [-0.39, 0.29) is 41.1 Å². The smallest absolute Gasteiger partial charge is 0.274 e. The number of likely N-dealkylation sites (N-methyl/N-ethyl adjacent to an activating group) is 1. The van der Waals surface area contributed by atoms with E-state index in [9.17, 15) is 13.2 Å². The quantitative estimate of drug-likeness (QED) is 0.346. The number of benzene rings is 2. The van der Waals surface area contributed by atoms with Crippen LogP contribution in [0.2, 0.25) is 0 Å². The summed E-state index contributed by atoms with van der Waals surface area (Å²) in [7, 11) is -0.948. The molecule has 46 heavy (non-hydrogen) atoms. The molecule has 12 heteroatoms. The van der Waals surface area contributed by atoms with Crippen molar-refractivity contribution >= 4 is 27.5 Å². The Morgan fingerprint density at radius 2 is 1.61 bits per heavy atom. The van der Waals surface area contributed by atoms with E-state index in [0.29, 0.717) is 30.3 Å². The second-order valence-corrected chi connectivity index (χ2v) is 13.8. The lowest BCUT2D eigenvalue weighted by Crippen LogP contribution is -2.53. The lowest BCUT2D eigenvalue weighted by Gasteiger charge is -2.42. The van der Waals surface area contributed by atoms with Crippen LogP contribution in [-0.4, -0.2) is 106 Å². The molecule has 11 nitrogen and oxygen atoms in total. The molecule has 1 atom stereocenters. The van der Waals surface area contributed by atoms with Gasteiger partial charge in [0, 0.05) is 63.5 Å². The SMILES string of the molecule is CCOc1ncccc1C1(CC(=O)N2CCC(N3CCN(C)CC3)CC2)C(=O)N(S(=O)(=O)c2ccccc2OC)c2ccccc21. The number of piperazine rings is 1. The Kier molecular flexibility index (Phi) is 9.04. The average Bonchev–Trinajstić information content (AvgIpc) is 3.33. The number of likely N-dealkylation sites (tertiary alicyclic amines) is 1. The molecule has 244 valence electrons. The van der Waals surface area contributed by atoms with Gasteiger partial charge in [-0.2, -0.15) is 0 Å². The topological polar surface area (TPSA) is 113 Å². The summed E-state index contributed by atoms with van der Waals surface area (Å²) >= 11 is 0. The summed E-state index contributed by atoms with van der Waals surface area (Å²) in [5.41, 5.74) is -0.748. The molecule has 0 saturated carbocycles. The van der Waals surface area contributed by atoms with Gasteiger partial charge in [0.2, 0.25) is 11.8 Å². The number of nitrogens with zero attached hydrogens (tertiary/aromatic N) is 5. The predicted molar refractivity (Wildman–Crippen MR) is 174 cm³/mol. The summed E-state index contributed by atoms with van der Waals surface area (Å²) in [6, 6.07) is 16.8. The zero-order chi connectivity index (χ0) is 32.5. The summed E-state index contributed by atoms with van der Waals surface area (Å²) in [6.45, 7) is 7.31. The van der Waals surface area contributed by atoms with Crippen LogP contribution in [0.15, 0.2) is 71.8 Å². The van der Waals surface area contributed by atoms with Crippen molar-refractivity contribution in [3.05, 3.63) is 78.0 Å². The molecule has 0 spiro atoms. The standard InChI is InChI=1S/C34H41N5O6S/c1-4-45-32-27(11-9-17-35-32)34(24-31(40)38-18-15-25(16-19-38)37-22-20-36(2)21-23-37)26-10-5-6-12-28(26)39(33(34)41)46(42,43)30-14-8-7-13-29(30)44-3/h5-14,17,25H,4,15-16,18-24H2,1-3H3. The molecule has 0 N–H and O–H groups in total. The number of pyridine rings is 1. The minimum atomic E-state index is -4.47. The van der Waals surface area contributed by atoms with Crippen LogP contribution in [0.4, 0.5) is 5.69 Å². The number of amides is 2. The number of hydrogen-bond acceptors (Lipinski definition) is 9. The molecule has 2 fully saturated rings. The Balaban J connectivity index is 1.40. The minimum absolute atomic E-state index is 0.112. The van der Waals surface area contributed by atoms with E-state index in [0.717, 1.165) is 43.3 Å². The molecule has 4 heterocycles. The summed E-state index contributed by atoms with van der Waals surface area (Å²) in [6.07, 6.45) is 2.98. The van der Waals surface area contributed by atoms with Crippen molar-refractivity contribution in [3.63, 3.8) is 0 Å². The number of aromatic nitrogens is 1. The van der Waals surface area contributed by atoms with Crippen molar-refractivity contribution < 1.29 is 27.5 Å².